The van der Waals surface area contributed by atoms with Crippen molar-refractivity contribution in [3.8, 4) is 0 Å². The number of cyclic esters (lactones) is 1. The van der Waals surface area contributed by atoms with E-state index in [9.17, 15) is 19.2 Å². The molecule has 4 N–H and O–H groups in total. The Bertz CT molecular complexity index is 910. The fourth-order valence-corrected chi connectivity index (χ4v) is 3.99. The molecule has 3 amide bonds. The molecule has 4 atom stereocenters. The SMILES string of the molecule is CCO[C@@H]1OC(=O)C[C@@H]1NC(=O)[C@@H]1CCCN1C(=O)[C@H](C)NC(=O)c1ccc(N)c(Cl)c1. The summed E-state index contributed by atoms with van der Waals surface area (Å²) in [6, 6.07) is 2.28. The van der Waals surface area contributed by atoms with Crippen molar-refractivity contribution in [3.05, 3.63) is 28.8 Å². The minimum absolute atomic E-state index is 0.00762. The summed E-state index contributed by atoms with van der Waals surface area (Å²) in [6.07, 6.45) is 0.292. The van der Waals surface area contributed by atoms with Gasteiger partial charge in [0.15, 0.2) is 0 Å². The van der Waals surface area contributed by atoms with Crippen molar-refractivity contribution in [2.24, 2.45) is 0 Å². The molecule has 32 heavy (non-hydrogen) atoms. The van der Waals surface area contributed by atoms with Crippen LogP contribution < -0.4 is 16.4 Å². The second-order valence-corrected chi connectivity index (χ2v) is 8.16. The minimum atomic E-state index is -0.861. The number of anilines is 1. The van der Waals surface area contributed by atoms with Crippen molar-refractivity contribution in [2.75, 3.05) is 18.9 Å². The Morgan fingerprint density at radius 3 is 2.81 bits per heavy atom. The van der Waals surface area contributed by atoms with E-state index < -0.39 is 36.3 Å². The van der Waals surface area contributed by atoms with Crippen LogP contribution in [0.5, 0.6) is 0 Å². The Kier molecular flexibility index (Phi) is 7.57. The molecule has 11 heteroatoms. The molecule has 1 aromatic carbocycles. The number of carbonyl (C=O) groups is 4. The van der Waals surface area contributed by atoms with Crippen molar-refractivity contribution in [3.63, 3.8) is 0 Å². The van der Waals surface area contributed by atoms with Crippen LogP contribution in [0.2, 0.25) is 5.02 Å². The van der Waals surface area contributed by atoms with Crippen LogP contribution in [0.1, 0.15) is 43.5 Å². The summed E-state index contributed by atoms with van der Waals surface area (Å²) in [6.45, 7) is 4.03. The molecule has 2 heterocycles. The predicted molar refractivity (Wildman–Crippen MR) is 116 cm³/mol. The van der Waals surface area contributed by atoms with Crippen molar-refractivity contribution >= 4 is 41.0 Å². The molecule has 0 aromatic heterocycles. The van der Waals surface area contributed by atoms with E-state index >= 15 is 0 Å². The van der Waals surface area contributed by atoms with Crippen molar-refractivity contribution in [2.45, 2.75) is 57.5 Å². The molecule has 0 spiro atoms. The minimum Gasteiger partial charge on any atom is -0.433 e. The summed E-state index contributed by atoms with van der Waals surface area (Å²) in [5.41, 5.74) is 6.28. The Hall–Kier alpha value is -2.85. The van der Waals surface area contributed by atoms with Crippen LogP contribution >= 0.6 is 11.6 Å². The van der Waals surface area contributed by atoms with E-state index in [1.54, 1.807) is 13.8 Å². The number of hydrogen-bond donors (Lipinski definition) is 3. The van der Waals surface area contributed by atoms with E-state index in [4.69, 9.17) is 26.8 Å². The zero-order valence-corrected chi connectivity index (χ0v) is 18.7. The van der Waals surface area contributed by atoms with Gasteiger partial charge < -0.3 is 30.7 Å². The van der Waals surface area contributed by atoms with Crippen LogP contribution in [0.15, 0.2) is 18.2 Å². The van der Waals surface area contributed by atoms with Gasteiger partial charge in [-0.25, -0.2) is 0 Å². The van der Waals surface area contributed by atoms with Crippen molar-refractivity contribution in [1.82, 2.24) is 15.5 Å². The highest BCUT2D eigenvalue weighted by Crippen LogP contribution is 2.22. The van der Waals surface area contributed by atoms with E-state index in [2.05, 4.69) is 10.6 Å². The van der Waals surface area contributed by atoms with E-state index in [0.29, 0.717) is 31.7 Å². The summed E-state index contributed by atoms with van der Waals surface area (Å²) in [7, 11) is 0. The molecule has 174 valence electrons. The first-order valence-electron chi connectivity index (χ1n) is 10.5. The molecule has 0 saturated carbocycles. The predicted octanol–water partition coefficient (Wildman–Crippen LogP) is 0.826. The number of halogens is 1. The van der Waals surface area contributed by atoms with Gasteiger partial charge >= 0.3 is 5.97 Å². The molecule has 3 rings (SSSR count). The van der Waals surface area contributed by atoms with Crippen molar-refractivity contribution < 1.29 is 28.7 Å². The molecule has 2 aliphatic rings. The standard InChI is InChI=1S/C21H27ClN4O6/c1-3-31-21-15(10-17(27)32-21)25-19(29)16-5-4-8-26(16)20(30)11(2)24-18(28)12-6-7-14(23)13(22)9-12/h6-7,9,11,15-16,21H,3-5,8,10,23H2,1-2H3,(H,24,28)(H,25,29)/t11-,15-,16-,21+/m0/s1. The van der Waals surface area contributed by atoms with Gasteiger partial charge in [0.2, 0.25) is 18.1 Å². The van der Waals surface area contributed by atoms with Gasteiger partial charge in [-0.15, -0.1) is 0 Å². The third kappa shape index (κ3) is 5.31. The molecular weight excluding hydrogens is 440 g/mol. The number of likely N-dealkylation sites (tertiary alicyclic amines) is 1. The molecule has 0 aliphatic carbocycles. The van der Waals surface area contributed by atoms with Gasteiger partial charge in [0.1, 0.15) is 18.1 Å². The van der Waals surface area contributed by atoms with Gasteiger partial charge in [-0.3, -0.25) is 19.2 Å². The van der Waals surface area contributed by atoms with E-state index in [1.807, 2.05) is 0 Å². The first-order chi connectivity index (χ1) is 15.2. The monoisotopic (exact) mass is 466 g/mol. The molecule has 0 unspecified atom stereocenters. The lowest BCUT2D eigenvalue weighted by Gasteiger charge is -2.28. The van der Waals surface area contributed by atoms with E-state index in [0.717, 1.165) is 0 Å². The number of nitrogens with one attached hydrogen (secondary N) is 2. The molecule has 2 fully saturated rings. The van der Waals surface area contributed by atoms with Crippen LogP contribution in [-0.4, -0.2) is 66.2 Å². The second-order valence-electron chi connectivity index (χ2n) is 7.75. The van der Waals surface area contributed by atoms with Gasteiger partial charge in [-0.2, -0.15) is 0 Å². The molecule has 1 aromatic rings. The zero-order valence-electron chi connectivity index (χ0n) is 17.9. The number of benzene rings is 1. The quantitative estimate of drug-likeness (QED) is 0.399. The topological polar surface area (TPSA) is 140 Å². The maximum Gasteiger partial charge on any atom is 0.310 e. The average molecular weight is 467 g/mol. The first kappa shape index (κ1) is 23.8. The summed E-state index contributed by atoms with van der Waals surface area (Å²) in [4.78, 5) is 51.4. The first-order valence-corrected chi connectivity index (χ1v) is 10.9. The van der Waals surface area contributed by atoms with Crippen LogP contribution in [0.4, 0.5) is 5.69 Å². The number of nitrogens with two attached hydrogens (primary N) is 1. The van der Waals surface area contributed by atoms with Gasteiger partial charge in [0, 0.05) is 18.7 Å². The largest absolute Gasteiger partial charge is 0.433 e. The Balaban J connectivity index is 1.61. The van der Waals surface area contributed by atoms with Crippen LogP contribution in [0, 0.1) is 0 Å². The van der Waals surface area contributed by atoms with Gasteiger partial charge in [-0.05, 0) is 44.9 Å². The fourth-order valence-electron chi connectivity index (χ4n) is 3.81. The number of nitrogens with zero attached hydrogens (tertiary/aromatic N) is 1. The normalized spacial score (nSPS) is 23.5. The average Bonchev–Trinajstić information content (AvgIpc) is 3.36. The third-order valence-corrected chi connectivity index (χ3v) is 5.77. The molecule has 10 nitrogen and oxygen atoms in total. The number of amides is 3. The Labute approximate surface area is 190 Å². The fraction of sp³-hybridized carbons (Fsp3) is 0.524. The van der Waals surface area contributed by atoms with E-state index in [1.165, 1.54) is 23.1 Å². The Morgan fingerprint density at radius 1 is 1.38 bits per heavy atom. The van der Waals surface area contributed by atoms with Crippen molar-refractivity contribution in [1.29, 1.82) is 0 Å². The lowest BCUT2D eigenvalue weighted by Crippen LogP contribution is -2.54. The highest BCUT2D eigenvalue weighted by atomic mass is 35.5. The Morgan fingerprint density at radius 2 is 2.12 bits per heavy atom. The summed E-state index contributed by atoms with van der Waals surface area (Å²) >= 11 is 5.96. The number of rotatable bonds is 7. The van der Waals surface area contributed by atoms with E-state index in [-0.39, 0.29) is 28.8 Å². The van der Waals surface area contributed by atoms with Crippen LogP contribution in [-0.2, 0) is 23.9 Å². The molecule has 2 saturated heterocycles. The smallest absolute Gasteiger partial charge is 0.310 e. The number of ether oxygens (including phenoxy) is 2. The van der Waals surface area contributed by atoms with Gasteiger partial charge in [0.25, 0.3) is 5.91 Å². The molecular formula is C21H27ClN4O6. The van der Waals surface area contributed by atoms with Crippen LogP contribution in [0.25, 0.3) is 0 Å². The maximum atomic E-state index is 13.0. The maximum absolute atomic E-state index is 13.0. The second kappa shape index (κ2) is 10.2. The number of hydrogen-bond acceptors (Lipinski definition) is 7. The van der Waals surface area contributed by atoms with Crippen LogP contribution in [0.3, 0.4) is 0 Å². The third-order valence-electron chi connectivity index (χ3n) is 5.44. The lowest BCUT2D eigenvalue weighted by atomic mass is 10.1. The summed E-state index contributed by atoms with van der Waals surface area (Å²) in [5, 5.41) is 5.65. The molecule has 0 radical (unpaired) electrons. The highest BCUT2D eigenvalue weighted by Gasteiger charge is 2.41. The number of nitrogen functional groups attached to an aromatic ring is 1. The molecule has 0 bridgehead atoms. The molecule has 2 aliphatic heterocycles. The lowest BCUT2D eigenvalue weighted by molar-refractivity contribution is -0.164. The summed E-state index contributed by atoms with van der Waals surface area (Å²) < 4.78 is 10.4. The zero-order chi connectivity index (χ0) is 23.4. The van der Waals surface area contributed by atoms with Gasteiger partial charge in [-0.1, -0.05) is 11.6 Å². The number of esters is 1. The number of carbonyl (C=O) groups excluding carboxylic acids is 4. The summed E-state index contributed by atoms with van der Waals surface area (Å²) in [5.74, 6) is -1.69. The van der Waals surface area contributed by atoms with Gasteiger partial charge in [0.05, 0.1) is 17.1 Å². The highest BCUT2D eigenvalue weighted by molar-refractivity contribution is 6.33.